The van der Waals surface area contributed by atoms with E-state index in [1.807, 2.05) is 18.2 Å². The van der Waals surface area contributed by atoms with Crippen molar-refractivity contribution in [3.8, 4) is 16.3 Å². The van der Waals surface area contributed by atoms with Crippen molar-refractivity contribution < 1.29 is 14.6 Å². The van der Waals surface area contributed by atoms with Crippen molar-refractivity contribution in [2.75, 3.05) is 7.11 Å². The molecule has 0 bridgehead atoms. The zero-order valence-electron chi connectivity index (χ0n) is 11.4. The van der Waals surface area contributed by atoms with Crippen LogP contribution in [-0.4, -0.2) is 23.2 Å². The topological polar surface area (TPSA) is 59.4 Å². The molecule has 4 nitrogen and oxygen atoms in total. The third-order valence-electron chi connectivity index (χ3n) is 3.65. The van der Waals surface area contributed by atoms with E-state index in [1.54, 1.807) is 18.4 Å². The first kappa shape index (κ1) is 14.5. The largest absolute Gasteiger partial charge is 0.496 e. The summed E-state index contributed by atoms with van der Waals surface area (Å²) in [6.45, 7) is 0. The molecule has 21 heavy (non-hydrogen) atoms. The number of carbonyl (C=O) groups is 1. The predicted molar refractivity (Wildman–Crippen MR) is 85.1 cm³/mol. The summed E-state index contributed by atoms with van der Waals surface area (Å²) in [6.07, 6.45) is 2.52. The SMILES string of the molecule is COc1ccc(-c2nc3c(s2)CCCC3C(=O)O)cc1Br. The molecule has 1 aromatic heterocycles. The van der Waals surface area contributed by atoms with Gasteiger partial charge in [0.2, 0.25) is 0 Å². The Kier molecular flexibility index (Phi) is 3.99. The number of carboxylic acid groups (broad SMARTS) is 1. The van der Waals surface area contributed by atoms with Crippen molar-refractivity contribution in [2.45, 2.75) is 25.2 Å². The van der Waals surface area contributed by atoms with Crippen molar-refractivity contribution in [3.05, 3.63) is 33.2 Å². The van der Waals surface area contributed by atoms with Crippen LogP contribution in [0.5, 0.6) is 5.75 Å². The van der Waals surface area contributed by atoms with E-state index in [0.29, 0.717) is 6.42 Å². The van der Waals surface area contributed by atoms with Gasteiger partial charge in [-0.1, -0.05) is 0 Å². The van der Waals surface area contributed by atoms with Gasteiger partial charge in [0, 0.05) is 10.4 Å². The number of methoxy groups -OCH3 is 1. The van der Waals surface area contributed by atoms with Crippen LogP contribution in [0.15, 0.2) is 22.7 Å². The number of benzene rings is 1. The second-order valence-corrected chi connectivity index (χ2v) is 6.90. The Hall–Kier alpha value is -1.40. The maximum absolute atomic E-state index is 11.3. The highest BCUT2D eigenvalue weighted by Crippen LogP contribution is 2.39. The van der Waals surface area contributed by atoms with Crippen LogP contribution in [-0.2, 0) is 11.2 Å². The van der Waals surface area contributed by atoms with Gasteiger partial charge >= 0.3 is 5.97 Å². The molecule has 6 heteroatoms. The highest BCUT2D eigenvalue weighted by Gasteiger charge is 2.30. The minimum atomic E-state index is -0.774. The number of rotatable bonds is 3. The van der Waals surface area contributed by atoms with Gasteiger partial charge in [-0.3, -0.25) is 4.79 Å². The molecule has 2 aromatic rings. The van der Waals surface area contributed by atoms with Gasteiger partial charge in [0.25, 0.3) is 0 Å². The van der Waals surface area contributed by atoms with Gasteiger partial charge in [0.05, 0.1) is 23.2 Å². The highest BCUT2D eigenvalue weighted by molar-refractivity contribution is 9.10. The Balaban J connectivity index is 2.01. The van der Waals surface area contributed by atoms with Gasteiger partial charge in [0.15, 0.2) is 0 Å². The fraction of sp³-hybridized carbons (Fsp3) is 0.333. The monoisotopic (exact) mass is 367 g/mol. The lowest BCUT2D eigenvalue weighted by molar-refractivity contribution is -0.139. The van der Waals surface area contributed by atoms with E-state index in [-0.39, 0.29) is 0 Å². The first-order valence-corrected chi connectivity index (χ1v) is 8.27. The normalized spacial score (nSPS) is 17.3. The zero-order chi connectivity index (χ0) is 15.0. The van der Waals surface area contributed by atoms with Gasteiger partial charge < -0.3 is 9.84 Å². The van der Waals surface area contributed by atoms with E-state index < -0.39 is 11.9 Å². The number of hydrogen-bond acceptors (Lipinski definition) is 4. The molecule has 0 amide bonds. The number of hydrogen-bond donors (Lipinski definition) is 1. The van der Waals surface area contributed by atoms with Crippen LogP contribution in [0.4, 0.5) is 0 Å². The first-order chi connectivity index (χ1) is 10.1. The van der Waals surface area contributed by atoms with Crippen molar-refractivity contribution in [1.29, 1.82) is 0 Å². The van der Waals surface area contributed by atoms with Gasteiger partial charge in [-0.25, -0.2) is 4.98 Å². The molecule has 0 saturated carbocycles. The Morgan fingerprint density at radius 1 is 1.52 bits per heavy atom. The molecule has 1 aliphatic rings. The number of halogens is 1. The molecule has 1 heterocycles. The quantitative estimate of drug-likeness (QED) is 0.887. The summed E-state index contributed by atoms with van der Waals surface area (Å²) in [4.78, 5) is 17.0. The van der Waals surface area contributed by atoms with E-state index in [1.165, 1.54) is 0 Å². The molecule has 0 aliphatic heterocycles. The third-order valence-corrected chi connectivity index (χ3v) is 5.45. The molecule has 0 radical (unpaired) electrons. The molecular weight excluding hydrogens is 354 g/mol. The Bertz CT molecular complexity index is 698. The summed E-state index contributed by atoms with van der Waals surface area (Å²) in [5, 5.41) is 10.2. The molecule has 1 aromatic carbocycles. The van der Waals surface area contributed by atoms with Crippen molar-refractivity contribution in [1.82, 2.24) is 4.98 Å². The molecule has 0 spiro atoms. The Morgan fingerprint density at radius 2 is 2.33 bits per heavy atom. The van der Waals surface area contributed by atoms with E-state index in [0.717, 1.165) is 44.2 Å². The molecule has 1 atom stereocenters. The average Bonchev–Trinajstić information content (AvgIpc) is 2.90. The van der Waals surface area contributed by atoms with E-state index >= 15 is 0 Å². The Morgan fingerprint density at radius 3 is 3.00 bits per heavy atom. The van der Waals surface area contributed by atoms with Gasteiger partial charge in [-0.15, -0.1) is 11.3 Å². The number of aliphatic carboxylic acids is 1. The number of aryl methyl sites for hydroxylation is 1. The van der Waals surface area contributed by atoms with E-state index in [9.17, 15) is 9.90 Å². The van der Waals surface area contributed by atoms with Gasteiger partial charge in [-0.2, -0.15) is 0 Å². The number of carboxylic acids is 1. The van der Waals surface area contributed by atoms with Crippen LogP contribution < -0.4 is 4.74 Å². The van der Waals surface area contributed by atoms with Gasteiger partial charge in [0.1, 0.15) is 10.8 Å². The summed E-state index contributed by atoms with van der Waals surface area (Å²) in [7, 11) is 1.62. The maximum atomic E-state index is 11.3. The average molecular weight is 368 g/mol. The smallest absolute Gasteiger partial charge is 0.312 e. The van der Waals surface area contributed by atoms with Crippen molar-refractivity contribution >= 4 is 33.2 Å². The third kappa shape index (κ3) is 2.70. The molecule has 110 valence electrons. The number of nitrogens with zero attached hydrogens (tertiary/aromatic N) is 1. The van der Waals surface area contributed by atoms with Crippen molar-refractivity contribution in [3.63, 3.8) is 0 Å². The predicted octanol–water partition coefficient (Wildman–Crippen LogP) is 4.09. The number of thiazole rings is 1. The minimum absolute atomic E-state index is 0.458. The highest BCUT2D eigenvalue weighted by atomic mass is 79.9. The van der Waals surface area contributed by atoms with Crippen LogP contribution in [0.2, 0.25) is 0 Å². The Labute approximate surface area is 134 Å². The minimum Gasteiger partial charge on any atom is -0.496 e. The number of aromatic nitrogens is 1. The van der Waals surface area contributed by atoms with Gasteiger partial charge in [-0.05, 0) is 53.4 Å². The van der Waals surface area contributed by atoms with Crippen LogP contribution in [0.25, 0.3) is 10.6 Å². The summed E-state index contributed by atoms with van der Waals surface area (Å²) >= 11 is 5.06. The lowest BCUT2D eigenvalue weighted by Crippen LogP contribution is -2.17. The lowest BCUT2D eigenvalue weighted by atomic mass is 9.91. The first-order valence-electron chi connectivity index (χ1n) is 6.66. The maximum Gasteiger partial charge on any atom is 0.312 e. The molecular formula is C15H14BrNO3S. The summed E-state index contributed by atoms with van der Waals surface area (Å²) in [6, 6.07) is 5.79. The summed E-state index contributed by atoms with van der Waals surface area (Å²) in [5.41, 5.74) is 1.73. The molecule has 1 aliphatic carbocycles. The lowest BCUT2D eigenvalue weighted by Gasteiger charge is -2.16. The molecule has 0 saturated heterocycles. The molecule has 3 rings (SSSR count). The second kappa shape index (κ2) is 5.77. The van der Waals surface area contributed by atoms with E-state index in [2.05, 4.69) is 20.9 Å². The zero-order valence-corrected chi connectivity index (χ0v) is 13.8. The van der Waals surface area contributed by atoms with Crippen LogP contribution >= 0.6 is 27.3 Å². The molecule has 0 fully saturated rings. The summed E-state index contributed by atoms with van der Waals surface area (Å²) < 4.78 is 6.09. The van der Waals surface area contributed by atoms with Crippen LogP contribution in [0.1, 0.15) is 29.3 Å². The van der Waals surface area contributed by atoms with E-state index in [4.69, 9.17) is 4.74 Å². The summed E-state index contributed by atoms with van der Waals surface area (Å²) in [5.74, 6) is -0.465. The van der Waals surface area contributed by atoms with Crippen LogP contribution in [0, 0.1) is 0 Å². The molecule has 1 N–H and O–H groups in total. The number of fused-ring (bicyclic) bond motifs is 1. The standard InChI is InChI=1S/C15H14BrNO3S/c1-20-11-6-5-8(7-10(11)16)14-17-13-9(15(18)19)3-2-4-12(13)21-14/h5-7,9H,2-4H2,1H3,(H,18,19). The fourth-order valence-electron chi connectivity index (χ4n) is 2.58. The number of ether oxygens (including phenoxy) is 1. The van der Waals surface area contributed by atoms with Crippen molar-refractivity contribution in [2.24, 2.45) is 0 Å². The van der Waals surface area contributed by atoms with Crippen LogP contribution in [0.3, 0.4) is 0 Å². The second-order valence-electron chi connectivity index (χ2n) is 4.96. The fourth-order valence-corrected chi connectivity index (χ4v) is 4.28. The molecule has 1 unspecified atom stereocenters.